The van der Waals surface area contributed by atoms with Crippen molar-refractivity contribution in [1.82, 2.24) is 0 Å². The Morgan fingerprint density at radius 2 is 1.61 bits per heavy atom. The van der Waals surface area contributed by atoms with Gasteiger partial charge >= 0.3 is 0 Å². The Morgan fingerprint density at radius 1 is 0.957 bits per heavy atom. The van der Waals surface area contributed by atoms with Crippen LogP contribution in [0.25, 0.3) is 0 Å². The van der Waals surface area contributed by atoms with Crippen molar-refractivity contribution in [2.24, 2.45) is 0 Å². The summed E-state index contributed by atoms with van der Waals surface area (Å²) in [6.07, 6.45) is -0.228. The summed E-state index contributed by atoms with van der Waals surface area (Å²) in [5.74, 6) is -0.684. The van der Waals surface area contributed by atoms with Gasteiger partial charge in [0.25, 0.3) is 0 Å². The van der Waals surface area contributed by atoms with Gasteiger partial charge in [0.2, 0.25) is 11.8 Å². The Morgan fingerprint density at radius 3 is 2.26 bits per heavy atom. The molecule has 4 nitrogen and oxygen atoms in total. The Bertz CT molecular complexity index is 757. The number of halogens is 1. The molecule has 0 bridgehead atoms. The average Bonchev–Trinajstić information content (AvgIpc) is 2.47. The average molecular weight is 375 g/mol. The van der Waals surface area contributed by atoms with Gasteiger partial charge in [-0.1, -0.05) is 18.2 Å². The third-order valence-electron chi connectivity index (χ3n) is 3.60. The number of nitrogens with one attached hydrogen (secondary N) is 2. The number of carbonyl (C=O) groups excluding carboxylic acids is 2. The highest BCUT2D eigenvalue weighted by Crippen LogP contribution is 2.23. The molecule has 0 radical (unpaired) electrons. The van der Waals surface area contributed by atoms with Crippen LogP contribution in [0.3, 0.4) is 0 Å². The van der Waals surface area contributed by atoms with E-state index in [-0.39, 0.29) is 18.2 Å². The first kappa shape index (κ1) is 17.2. The number of hydrogen-bond donors (Lipinski definition) is 2. The highest BCUT2D eigenvalue weighted by Gasteiger charge is 2.12. The third-order valence-corrected chi connectivity index (χ3v) is 4.25. The summed E-state index contributed by atoms with van der Waals surface area (Å²) in [6, 6.07) is 11.3. The molecule has 0 fully saturated rings. The largest absolute Gasteiger partial charge is 0.325 e. The Hall–Kier alpha value is -2.14. The molecule has 0 saturated carbocycles. The molecule has 2 rings (SSSR count). The van der Waals surface area contributed by atoms with Crippen molar-refractivity contribution in [3.63, 3.8) is 0 Å². The lowest BCUT2D eigenvalue weighted by Crippen LogP contribution is -2.22. The minimum atomic E-state index is -0.350. The molecule has 0 aliphatic carbocycles. The van der Waals surface area contributed by atoms with Crippen LogP contribution in [0.2, 0.25) is 0 Å². The van der Waals surface area contributed by atoms with E-state index in [0.29, 0.717) is 5.69 Å². The number of amides is 2. The Labute approximate surface area is 144 Å². The Kier molecular flexibility index (Phi) is 5.55. The van der Waals surface area contributed by atoms with Crippen molar-refractivity contribution in [1.29, 1.82) is 0 Å². The van der Waals surface area contributed by atoms with Crippen molar-refractivity contribution in [2.75, 3.05) is 10.6 Å². The summed E-state index contributed by atoms with van der Waals surface area (Å²) in [5, 5.41) is 5.51. The van der Waals surface area contributed by atoms with Crippen LogP contribution in [0, 0.1) is 20.8 Å². The third kappa shape index (κ3) is 4.66. The number of carbonyl (C=O) groups is 2. The van der Waals surface area contributed by atoms with Gasteiger partial charge in [-0.15, -0.1) is 0 Å². The topological polar surface area (TPSA) is 58.2 Å². The lowest BCUT2D eigenvalue weighted by atomic mass is 10.1. The number of anilines is 2. The van der Waals surface area contributed by atoms with Crippen molar-refractivity contribution in [2.45, 2.75) is 27.2 Å². The van der Waals surface area contributed by atoms with E-state index in [4.69, 9.17) is 0 Å². The first-order valence-corrected chi connectivity index (χ1v) is 8.08. The molecule has 0 atom stereocenters. The predicted octanol–water partition coefficient (Wildman–Crippen LogP) is 4.34. The highest BCUT2D eigenvalue weighted by atomic mass is 79.9. The molecule has 0 aromatic heterocycles. The van der Waals surface area contributed by atoms with Gasteiger partial charge in [0.15, 0.2) is 0 Å². The van der Waals surface area contributed by atoms with Gasteiger partial charge in [-0.25, -0.2) is 0 Å². The zero-order valence-corrected chi connectivity index (χ0v) is 15.0. The number of benzene rings is 2. The van der Waals surface area contributed by atoms with Crippen LogP contribution in [-0.2, 0) is 9.59 Å². The first-order chi connectivity index (χ1) is 10.9. The van der Waals surface area contributed by atoms with Crippen molar-refractivity contribution in [3.05, 3.63) is 57.6 Å². The fourth-order valence-electron chi connectivity index (χ4n) is 2.14. The molecule has 2 amide bonds. The maximum Gasteiger partial charge on any atom is 0.233 e. The molecule has 23 heavy (non-hydrogen) atoms. The molecule has 0 heterocycles. The van der Waals surface area contributed by atoms with E-state index in [1.54, 1.807) is 6.07 Å². The van der Waals surface area contributed by atoms with Crippen LogP contribution in [0.1, 0.15) is 23.1 Å². The maximum absolute atomic E-state index is 12.0. The van der Waals surface area contributed by atoms with Gasteiger partial charge in [-0.2, -0.15) is 0 Å². The van der Waals surface area contributed by atoms with E-state index in [9.17, 15) is 9.59 Å². The minimum Gasteiger partial charge on any atom is -0.325 e. The standard InChI is InChI=1S/C18H19BrN2O2/c1-11-7-8-16(14(19)9-11)21-18(23)10-17(22)20-15-6-4-5-12(2)13(15)3/h4-9H,10H2,1-3H3,(H,20,22)(H,21,23). The van der Waals surface area contributed by atoms with Gasteiger partial charge in [-0.3, -0.25) is 9.59 Å². The van der Waals surface area contributed by atoms with Crippen LogP contribution in [-0.4, -0.2) is 11.8 Å². The zero-order valence-electron chi connectivity index (χ0n) is 13.4. The number of hydrogen-bond acceptors (Lipinski definition) is 2. The molecule has 2 aromatic carbocycles. The molecule has 2 aromatic rings. The monoisotopic (exact) mass is 374 g/mol. The summed E-state index contributed by atoms with van der Waals surface area (Å²) < 4.78 is 0.792. The van der Waals surface area contributed by atoms with E-state index >= 15 is 0 Å². The lowest BCUT2D eigenvalue weighted by Gasteiger charge is -2.11. The van der Waals surface area contributed by atoms with Crippen LogP contribution < -0.4 is 10.6 Å². The highest BCUT2D eigenvalue weighted by molar-refractivity contribution is 9.10. The number of rotatable bonds is 4. The summed E-state index contributed by atoms with van der Waals surface area (Å²) in [6.45, 7) is 5.88. The molecule has 120 valence electrons. The van der Waals surface area contributed by atoms with Crippen LogP contribution in [0.4, 0.5) is 11.4 Å². The van der Waals surface area contributed by atoms with Crippen molar-refractivity contribution < 1.29 is 9.59 Å². The van der Waals surface area contributed by atoms with E-state index in [1.807, 2.05) is 51.1 Å². The molecule has 0 unspecified atom stereocenters. The Balaban J connectivity index is 1.97. The smallest absolute Gasteiger partial charge is 0.233 e. The molecule has 2 N–H and O–H groups in total. The summed E-state index contributed by atoms with van der Waals surface area (Å²) in [7, 11) is 0. The second kappa shape index (κ2) is 7.42. The fraction of sp³-hybridized carbons (Fsp3) is 0.222. The van der Waals surface area contributed by atoms with E-state index in [1.165, 1.54) is 0 Å². The van der Waals surface area contributed by atoms with E-state index in [0.717, 1.165) is 26.9 Å². The normalized spacial score (nSPS) is 10.3. The lowest BCUT2D eigenvalue weighted by molar-refractivity contribution is -0.123. The van der Waals surface area contributed by atoms with E-state index in [2.05, 4.69) is 26.6 Å². The molecule has 5 heteroatoms. The van der Waals surface area contributed by atoms with Gasteiger partial charge < -0.3 is 10.6 Å². The fourth-order valence-corrected chi connectivity index (χ4v) is 2.74. The van der Waals surface area contributed by atoms with Crippen LogP contribution in [0.15, 0.2) is 40.9 Å². The molecule has 0 spiro atoms. The molecule has 0 saturated heterocycles. The van der Waals surface area contributed by atoms with Crippen LogP contribution >= 0.6 is 15.9 Å². The zero-order chi connectivity index (χ0) is 17.0. The second-order valence-electron chi connectivity index (χ2n) is 5.50. The van der Waals surface area contributed by atoms with Crippen molar-refractivity contribution in [3.8, 4) is 0 Å². The number of aryl methyl sites for hydroxylation is 2. The summed E-state index contributed by atoms with van der Waals surface area (Å²) in [4.78, 5) is 24.0. The van der Waals surface area contributed by atoms with Gasteiger partial charge in [0.05, 0.1) is 5.69 Å². The van der Waals surface area contributed by atoms with Gasteiger partial charge in [0, 0.05) is 10.2 Å². The predicted molar refractivity (Wildman–Crippen MR) is 96.7 cm³/mol. The van der Waals surface area contributed by atoms with E-state index < -0.39 is 0 Å². The van der Waals surface area contributed by atoms with Gasteiger partial charge in [-0.05, 0) is 71.6 Å². The second-order valence-corrected chi connectivity index (χ2v) is 6.36. The summed E-state index contributed by atoms with van der Waals surface area (Å²) in [5.41, 5.74) is 4.57. The SMILES string of the molecule is Cc1ccc(NC(=O)CC(=O)Nc2cccc(C)c2C)c(Br)c1. The first-order valence-electron chi connectivity index (χ1n) is 7.29. The molecule has 0 aliphatic rings. The van der Waals surface area contributed by atoms with Gasteiger partial charge in [0.1, 0.15) is 6.42 Å². The quantitative estimate of drug-likeness (QED) is 0.781. The maximum atomic E-state index is 12.0. The summed E-state index contributed by atoms with van der Waals surface area (Å²) >= 11 is 3.40. The van der Waals surface area contributed by atoms with Crippen molar-refractivity contribution >= 4 is 39.1 Å². The molecule has 0 aliphatic heterocycles. The van der Waals surface area contributed by atoms with Crippen LogP contribution in [0.5, 0.6) is 0 Å². The molecular formula is C18H19BrN2O2. The minimum absolute atomic E-state index is 0.228. The molecular weight excluding hydrogens is 356 g/mol.